The number of piperazine rings is 1. The predicted molar refractivity (Wildman–Crippen MR) is 121 cm³/mol. The molecule has 1 aliphatic heterocycles. The Balaban J connectivity index is 1.82. The molecule has 2 heterocycles. The van der Waals surface area contributed by atoms with Crippen molar-refractivity contribution in [1.82, 2.24) is 9.88 Å². The number of aromatic nitrogens is 1. The smallest absolute Gasteiger partial charge is 0.434 e. The van der Waals surface area contributed by atoms with Gasteiger partial charge in [0.15, 0.2) is 5.69 Å². The summed E-state index contributed by atoms with van der Waals surface area (Å²) in [5, 5.41) is 21.7. The Labute approximate surface area is 203 Å². The van der Waals surface area contributed by atoms with Gasteiger partial charge in [-0.05, 0) is 30.2 Å². The maximum absolute atomic E-state index is 13.7. The first-order valence-corrected chi connectivity index (χ1v) is 10.8. The Morgan fingerprint density at radius 1 is 1.22 bits per heavy atom. The van der Waals surface area contributed by atoms with Crippen molar-refractivity contribution < 1.29 is 37.4 Å². The number of aromatic carboxylic acids is 1. The van der Waals surface area contributed by atoms with Crippen molar-refractivity contribution in [2.24, 2.45) is 0 Å². The summed E-state index contributed by atoms with van der Waals surface area (Å²) in [6, 6.07) is 7.43. The van der Waals surface area contributed by atoms with Crippen LogP contribution in [0.25, 0.3) is 0 Å². The van der Waals surface area contributed by atoms with Crippen LogP contribution in [0.2, 0.25) is 0 Å². The zero-order valence-electron chi connectivity index (χ0n) is 19.3. The van der Waals surface area contributed by atoms with E-state index in [4.69, 9.17) is 0 Å². The van der Waals surface area contributed by atoms with Gasteiger partial charge >= 0.3 is 24.1 Å². The van der Waals surface area contributed by atoms with Crippen molar-refractivity contribution in [3.05, 3.63) is 52.2 Å². The highest BCUT2D eigenvalue weighted by molar-refractivity contribution is 5.94. The van der Waals surface area contributed by atoms with E-state index in [9.17, 15) is 37.9 Å². The van der Waals surface area contributed by atoms with Gasteiger partial charge in [-0.25, -0.2) is 19.4 Å². The number of carbonyl (C=O) groups is 3. The zero-order chi connectivity index (χ0) is 26.6. The van der Waals surface area contributed by atoms with Crippen LogP contribution in [-0.4, -0.2) is 66.2 Å². The van der Waals surface area contributed by atoms with E-state index >= 15 is 0 Å². The summed E-state index contributed by atoms with van der Waals surface area (Å²) in [6.45, 7) is 1.77. The molecule has 3 rings (SSSR count). The van der Waals surface area contributed by atoms with Gasteiger partial charge in [0.05, 0.1) is 23.8 Å². The molecule has 36 heavy (non-hydrogen) atoms. The molecule has 2 amide bonds. The van der Waals surface area contributed by atoms with E-state index in [-0.39, 0.29) is 55.1 Å². The average Bonchev–Trinajstić information content (AvgIpc) is 2.86. The van der Waals surface area contributed by atoms with Gasteiger partial charge in [-0.2, -0.15) is 18.4 Å². The highest BCUT2D eigenvalue weighted by Gasteiger charge is 2.41. The number of nitrogens with zero attached hydrogens (tertiary/aromatic N) is 4. The normalized spacial score (nSPS) is 13.7. The predicted octanol–water partition coefficient (Wildman–Crippen LogP) is 3.37. The summed E-state index contributed by atoms with van der Waals surface area (Å²) in [6.07, 6.45) is -5.16. The number of benzene rings is 1. The molecule has 1 aliphatic rings. The number of carbonyl (C=O) groups excluding carboxylic acids is 2. The minimum Gasteiger partial charge on any atom is -0.478 e. The summed E-state index contributed by atoms with van der Waals surface area (Å²) in [7, 11) is 1.23. The molecule has 10 nitrogen and oxygen atoms in total. The molecule has 1 saturated heterocycles. The third-order valence-corrected chi connectivity index (χ3v) is 5.63. The van der Waals surface area contributed by atoms with Gasteiger partial charge in [-0.1, -0.05) is 13.0 Å². The molecule has 0 atom stereocenters. The Bertz CT molecular complexity index is 1230. The van der Waals surface area contributed by atoms with Crippen LogP contribution in [0.3, 0.4) is 0 Å². The second-order valence-corrected chi connectivity index (χ2v) is 7.76. The molecule has 0 bridgehead atoms. The van der Waals surface area contributed by atoms with Gasteiger partial charge in [0.1, 0.15) is 11.9 Å². The van der Waals surface area contributed by atoms with E-state index in [2.05, 4.69) is 15.0 Å². The highest BCUT2D eigenvalue weighted by Crippen LogP contribution is 2.37. The van der Waals surface area contributed by atoms with E-state index in [1.165, 1.54) is 36.0 Å². The second kappa shape index (κ2) is 10.5. The first-order chi connectivity index (χ1) is 17.0. The number of nitriles is 1. The zero-order valence-corrected chi connectivity index (χ0v) is 19.3. The third kappa shape index (κ3) is 5.32. The van der Waals surface area contributed by atoms with Crippen molar-refractivity contribution in [3.8, 4) is 6.07 Å². The summed E-state index contributed by atoms with van der Waals surface area (Å²) in [5.74, 6) is -2.65. The first-order valence-electron chi connectivity index (χ1n) is 10.8. The lowest BCUT2D eigenvalue weighted by Gasteiger charge is -2.36. The lowest BCUT2D eigenvalue weighted by atomic mass is 9.97. The molecule has 0 radical (unpaired) electrons. The minimum atomic E-state index is -5.04. The summed E-state index contributed by atoms with van der Waals surface area (Å²) in [5.41, 5.74) is -2.48. The number of urea groups is 1. The summed E-state index contributed by atoms with van der Waals surface area (Å²) >= 11 is 0. The van der Waals surface area contributed by atoms with Gasteiger partial charge in [-0.3, -0.25) is 0 Å². The van der Waals surface area contributed by atoms with E-state index < -0.39 is 35.4 Å². The van der Waals surface area contributed by atoms with E-state index in [0.29, 0.717) is 5.69 Å². The van der Waals surface area contributed by atoms with Crippen LogP contribution in [0.5, 0.6) is 0 Å². The molecule has 190 valence electrons. The fourth-order valence-corrected chi connectivity index (χ4v) is 3.92. The molecule has 0 spiro atoms. The van der Waals surface area contributed by atoms with Crippen LogP contribution in [0.1, 0.15) is 44.5 Å². The molecule has 0 aliphatic carbocycles. The number of pyridine rings is 1. The lowest BCUT2D eigenvalue weighted by Crippen LogP contribution is -2.50. The third-order valence-electron chi connectivity index (χ3n) is 5.63. The average molecular weight is 505 g/mol. The number of carboxylic acid groups (broad SMARTS) is 1. The number of hydrogen-bond donors (Lipinski definition) is 2. The van der Waals surface area contributed by atoms with E-state index in [1.54, 1.807) is 18.2 Å². The SMILES string of the molecule is CCc1c(C#N)c(N2CCN(C(=O)Nc3cccc(C(=O)OC)c3)CC2)nc(C(F)(F)F)c1C(=O)O. The lowest BCUT2D eigenvalue weighted by molar-refractivity contribution is -0.141. The quantitative estimate of drug-likeness (QED) is 0.591. The van der Waals surface area contributed by atoms with Crippen LogP contribution >= 0.6 is 0 Å². The molecule has 13 heteroatoms. The molecular formula is C23H22F3N5O5. The molecule has 0 saturated carbocycles. The molecule has 1 aromatic heterocycles. The second-order valence-electron chi connectivity index (χ2n) is 7.76. The van der Waals surface area contributed by atoms with Gasteiger partial charge in [-0.15, -0.1) is 0 Å². The van der Waals surface area contributed by atoms with Crippen LogP contribution < -0.4 is 10.2 Å². The summed E-state index contributed by atoms with van der Waals surface area (Å²) < 4.78 is 45.7. The maximum atomic E-state index is 13.7. The molecular weight excluding hydrogens is 483 g/mol. The first kappa shape index (κ1) is 26.3. The number of amides is 2. The number of anilines is 2. The highest BCUT2D eigenvalue weighted by atomic mass is 19.4. The maximum Gasteiger partial charge on any atom is 0.434 e. The number of esters is 1. The van der Waals surface area contributed by atoms with Crippen LogP contribution in [0.15, 0.2) is 24.3 Å². The van der Waals surface area contributed by atoms with Crippen LogP contribution in [0, 0.1) is 11.3 Å². The van der Waals surface area contributed by atoms with Crippen molar-refractivity contribution >= 4 is 29.5 Å². The van der Waals surface area contributed by atoms with Gasteiger partial charge in [0.2, 0.25) is 0 Å². The Morgan fingerprint density at radius 2 is 1.89 bits per heavy atom. The van der Waals surface area contributed by atoms with Gasteiger partial charge in [0.25, 0.3) is 0 Å². The number of ether oxygens (including phenoxy) is 1. The van der Waals surface area contributed by atoms with Crippen LogP contribution in [-0.2, 0) is 17.3 Å². The summed E-state index contributed by atoms with van der Waals surface area (Å²) in [4.78, 5) is 42.4. The Kier molecular flexibility index (Phi) is 7.67. The van der Waals surface area contributed by atoms with Crippen LogP contribution in [0.4, 0.5) is 29.5 Å². The monoisotopic (exact) mass is 505 g/mol. The molecule has 2 N–H and O–H groups in total. The fourth-order valence-electron chi connectivity index (χ4n) is 3.92. The van der Waals surface area contributed by atoms with E-state index in [1.807, 2.05) is 0 Å². The molecule has 1 aromatic carbocycles. The number of rotatable bonds is 5. The largest absolute Gasteiger partial charge is 0.478 e. The molecule has 2 aromatic rings. The van der Waals surface area contributed by atoms with Crippen molar-refractivity contribution in [2.75, 3.05) is 43.5 Å². The number of hydrogen-bond acceptors (Lipinski definition) is 7. The molecule has 1 fully saturated rings. The number of halogens is 3. The number of nitrogens with one attached hydrogen (secondary N) is 1. The Hall–Kier alpha value is -4.34. The minimum absolute atomic E-state index is 0.0597. The topological polar surface area (TPSA) is 136 Å². The van der Waals surface area contributed by atoms with Crippen molar-refractivity contribution in [1.29, 1.82) is 5.26 Å². The van der Waals surface area contributed by atoms with Crippen molar-refractivity contribution in [3.63, 3.8) is 0 Å². The molecule has 0 unspecified atom stereocenters. The van der Waals surface area contributed by atoms with E-state index in [0.717, 1.165) is 0 Å². The number of alkyl halides is 3. The standard InChI is InChI=1S/C23H22F3N5O5/c1-3-15-16(12-27)19(29-18(23(24,25)26)17(15)20(32)33)30-7-9-31(10-8-30)22(35)28-14-6-4-5-13(11-14)21(34)36-2/h4-6,11H,3,7-10H2,1-2H3,(H,28,35)(H,32,33). The number of carboxylic acids is 1. The van der Waals surface area contributed by atoms with Crippen molar-refractivity contribution in [2.45, 2.75) is 19.5 Å². The van der Waals surface area contributed by atoms with Gasteiger partial charge in [0, 0.05) is 31.9 Å². The fraction of sp³-hybridized carbons (Fsp3) is 0.348. The number of methoxy groups -OCH3 is 1. The van der Waals surface area contributed by atoms with Gasteiger partial charge < -0.3 is 25.0 Å². The Morgan fingerprint density at radius 3 is 2.42 bits per heavy atom.